The number of phenols is 1. The quantitative estimate of drug-likeness (QED) is 0.477. The van der Waals surface area contributed by atoms with Crippen molar-refractivity contribution in [2.75, 3.05) is 18.0 Å². The van der Waals surface area contributed by atoms with Gasteiger partial charge in [0.2, 0.25) is 0 Å². The molecule has 4 rings (SSSR count). The number of rotatable bonds is 5. The predicted molar refractivity (Wildman–Crippen MR) is 124 cm³/mol. The highest BCUT2D eigenvalue weighted by Crippen LogP contribution is 2.44. The molecule has 0 saturated carbocycles. The van der Waals surface area contributed by atoms with Crippen LogP contribution in [0, 0.1) is 13.8 Å². The average Bonchev–Trinajstić information content (AvgIpc) is 2.73. The number of anilines is 2. The van der Waals surface area contributed by atoms with E-state index in [-0.39, 0.29) is 10.8 Å². The molecule has 0 radical (unpaired) electrons. The summed E-state index contributed by atoms with van der Waals surface area (Å²) in [6, 6.07) is 15.1. The molecular formula is C23H22Cl2N2O2S. The van der Waals surface area contributed by atoms with Crippen LogP contribution in [-0.4, -0.2) is 22.4 Å². The third-order valence-corrected chi connectivity index (χ3v) is 7.40. The lowest BCUT2D eigenvalue weighted by atomic mass is 10.1. The van der Waals surface area contributed by atoms with Crippen molar-refractivity contribution < 1.29 is 9.32 Å². The van der Waals surface area contributed by atoms with Crippen LogP contribution in [0.25, 0.3) is 0 Å². The standard InChI is InChI=1S/C23H22Cl2N2O2S/c1-14-7-8-21-22(15(14)2)27(19-5-3-4-6-20(19)30(21)29)10-9-26-13-16-11-17(24)12-18(25)23(16)28/h3-8,11-12,26,28H,9-10,13H2,1-2H3. The van der Waals surface area contributed by atoms with Crippen LogP contribution < -0.4 is 10.2 Å². The van der Waals surface area contributed by atoms with E-state index in [1.54, 1.807) is 6.07 Å². The summed E-state index contributed by atoms with van der Waals surface area (Å²) >= 11 is 12.1. The molecule has 3 aromatic carbocycles. The minimum absolute atomic E-state index is 0.0455. The number of halogens is 2. The van der Waals surface area contributed by atoms with Crippen molar-refractivity contribution in [3.05, 3.63) is 75.3 Å². The monoisotopic (exact) mass is 460 g/mol. The van der Waals surface area contributed by atoms with Crippen LogP contribution in [0.15, 0.2) is 58.3 Å². The molecule has 0 aromatic heterocycles. The van der Waals surface area contributed by atoms with E-state index in [0.29, 0.717) is 30.2 Å². The van der Waals surface area contributed by atoms with Crippen molar-refractivity contribution in [1.82, 2.24) is 5.32 Å². The van der Waals surface area contributed by atoms with Gasteiger partial charge in [-0.15, -0.1) is 0 Å². The molecule has 0 bridgehead atoms. The molecule has 156 valence electrons. The zero-order valence-corrected chi connectivity index (χ0v) is 19.0. The summed E-state index contributed by atoms with van der Waals surface area (Å²) in [6.07, 6.45) is 0. The summed E-state index contributed by atoms with van der Waals surface area (Å²) in [4.78, 5) is 3.90. The molecule has 0 fully saturated rings. The molecule has 1 unspecified atom stereocenters. The lowest BCUT2D eigenvalue weighted by Gasteiger charge is -2.34. The van der Waals surface area contributed by atoms with Crippen LogP contribution in [0.1, 0.15) is 16.7 Å². The van der Waals surface area contributed by atoms with E-state index in [4.69, 9.17) is 23.2 Å². The zero-order valence-electron chi connectivity index (χ0n) is 16.7. The van der Waals surface area contributed by atoms with E-state index in [0.717, 1.165) is 26.7 Å². The lowest BCUT2D eigenvalue weighted by molar-refractivity contribution is 0.465. The Morgan fingerprint density at radius 2 is 1.83 bits per heavy atom. The van der Waals surface area contributed by atoms with Gasteiger partial charge in [-0.05, 0) is 55.3 Å². The SMILES string of the molecule is Cc1ccc2c(c1C)N(CCNCc1cc(Cl)cc(Cl)c1O)c1ccccc1S2=O. The summed E-state index contributed by atoms with van der Waals surface area (Å²) < 4.78 is 13.1. The van der Waals surface area contributed by atoms with Crippen molar-refractivity contribution >= 4 is 45.4 Å². The van der Waals surface area contributed by atoms with Crippen molar-refractivity contribution in [3.8, 4) is 5.75 Å². The summed E-state index contributed by atoms with van der Waals surface area (Å²) in [5.74, 6) is 0.0455. The number of nitrogens with one attached hydrogen (secondary N) is 1. The maximum Gasteiger partial charge on any atom is 0.138 e. The predicted octanol–water partition coefficient (Wildman–Crippen LogP) is 5.72. The second kappa shape index (κ2) is 8.60. The first-order chi connectivity index (χ1) is 14.4. The first-order valence-corrected chi connectivity index (χ1v) is 11.5. The lowest BCUT2D eigenvalue weighted by Crippen LogP contribution is -2.32. The smallest absolute Gasteiger partial charge is 0.138 e. The molecule has 1 aliphatic rings. The number of aromatic hydroxyl groups is 1. The van der Waals surface area contributed by atoms with Crippen LogP contribution in [0.3, 0.4) is 0 Å². The first-order valence-electron chi connectivity index (χ1n) is 9.64. The van der Waals surface area contributed by atoms with Gasteiger partial charge in [-0.25, -0.2) is 4.21 Å². The van der Waals surface area contributed by atoms with Crippen LogP contribution >= 0.6 is 23.2 Å². The van der Waals surface area contributed by atoms with E-state index in [1.165, 1.54) is 11.6 Å². The van der Waals surface area contributed by atoms with Gasteiger partial charge in [-0.2, -0.15) is 0 Å². The number of hydrogen-bond acceptors (Lipinski definition) is 4. The third-order valence-electron chi connectivity index (χ3n) is 5.43. The number of nitrogens with zero attached hydrogens (tertiary/aromatic N) is 1. The number of aryl methyl sites for hydroxylation is 1. The van der Waals surface area contributed by atoms with Gasteiger partial charge in [0, 0.05) is 30.2 Å². The second-order valence-corrected chi connectivity index (χ2v) is 9.58. The van der Waals surface area contributed by atoms with Crippen molar-refractivity contribution in [2.24, 2.45) is 0 Å². The summed E-state index contributed by atoms with van der Waals surface area (Å²) in [5, 5.41) is 14.2. The highest BCUT2D eigenvalue weighted by Gasteiger charge is 2.29. The molecule has 0 spiro atoms. The Kier molecular flexibility index (Phi) is 6.07. The molecule has 1 atom stereocenters. The number of benzene rings is 3. The van der Waals surface area contributed by atoms with E-state index in [9.17, 15) is 9.32 Å². The van der Waals surface area contributed by atoms with Crippen molar-refractivity contribution in [2.45, 2.75) is 30.2 Å². The van der Waals surface area contributed by atoms with Gasteiger partial charge >= 0.3 is 0 Å². The summed E-state index contributed by atoms with van der Waals surface area (Å²) in [7, 11) is -1.20. The molecule has 2 N–H and O–H groups in total. The van der Waals surface area contributed by atoms with Gasteiger partial charge in [0.1, 0.15) is 5.75 Å². The molecule has 30 heavy (non-hydrogen) atoms. The third kappa shape index (κ3) is 3.83. The van der Waals surface area contributed by atoms with E-state index < -0.39 is 10.8 Å². The van der Waals surface area contributed by atoms with Gasteiger partial charge < -0.3 is 15.3 Å². The van der Waals surface area contributed by atoms with Crippen LogP contribution in [0.4, 0.5) is 11.4 Å². The topological polar surface area (TPSA) is 52.6 Å². The minimum atomic E-state index is -1.20. The first kappa shape index (κ1) is 21.2. The van der Waals surface area contributed by atoms with E-state index >= 15 is 0 Å². The van der Waals surface area contributed by atoms with Crippen LogP contribution in [0.5, 0.6) is 5.75 Å². The Balaban J connectivity index is 1.58. The number of phenolic OH excluding ortho intramolecular Hbond substituents is 1. The van der Waals surface area contributed by atoms with Gasteiger partial charge in [0.15, 0.2) is 0 Å². The molecule has 1 heterocycles. The zero-order chi connectivity index (χ0) is 21.4. The van der Waals surface area contributed by atoms with Crippen LogP contribution in [0.2, 0.25) is 10.0 Å². The maximum absolute atomic E-state index is 13.1. The van der Waals surface area contributed by atoms with Gasteiger partial charge in [0.25, 0.3) is 0 Å². The van der Waals surface area contributed by atoms with Crippen LogP contribution in [-0.2, 0) is 17.3 Å². The normalized spacial score (nSPS) is 15.1. The Labute approximate surface area is 188 Å². The fourth-order valence-electron chi connectivity index (χ4n) is 3.74. The number of para-hydroxylation sites is 1. The molecule has 0 aliphatic carbocycles. The Morgan fingerprint density at radius 3 is 2.63 bits per heavy atom. The fourth-order valence-corrected chi connectivity index (χ4v) is 5.71. The second-order valence-electron chi connectivity index (χ2n) is 7.31. The Morgan fingerprint density at radius 1 is 1.07 bits per heavy atom. The molecular weight excluding hydrogens is 439 g/mol. The summed E-state index contributed by atoms with van der Waals surface area (Å²) in [6.45, 7) is 5.91. The van der Waals surface area contributed by atoms with Gasteiger partial charge in [-0.3, -0.25) is 0 Å². The molecule has 7 heteroatoms. The Bertz CT molecular complexity index is 1150. The highest BCUT2D eigenvalue weighted by molar-refractivity contribution is 7.85. The van der Waals surface area contributed by atoms with Crippen molar-refractivity contribution in [1.29, 1.82) is 0 Å². The Hall–Kier alpha value is -2.05. The van der Waals surface area contributed by atoms with E-state index in [2.05, 4.69) is 24.1 Å². The number of fused-ring (bicyclic) bond motifs is 2. The average molecular weight is 461 g/mol. The molecule has 3 aromatic rings. The molecule has 0 saturated heterocycles. The molecule has 0 amide bonds. The number of hydrogen-bond donors (Lipinski definition) is 2. The fraction of sp³-hybridized carbons (Fsp3) is 0.217. The van der Waals surface area contributed by atoms with Gasteiger partial charge in [-0.1, -0.05) is 41.4 Å². The maximum atomic E-state index is 13.1. The minimum Gasteiger partial charge on any atom is -0.506 e. The largest absolute Gasteiger partial charge is 0.506 e. The van der Waals surface area contributed by atoms with E-state index in [1.807, 2.05) is 36.4 Å². The van der Waals surface area contributed by atoms with Gasteiger partial charge in [0.05, 0.1) is 37.0 Å². The molecule has 1 aliphatic heterocycles. The van der Waals surface area contributed by atoms with Crippen molar-refractivity contribution in [3.63, 3.8) is 0 Å². The highest BCUT2D eigenvalue weighted by atomic mass is 35.5. The molecule has 4 nitrogen and oxygen atoms in total. The summed E-state index contributed by atoms with van der Waals surface area (Å²) in [5.41, 5.74) is 4.94.